The third-order valence-electron chi connectivity index (χ3n) is 4.01. The lowest BCUT2D eigenvalue weighted by atomic mass is 10.0. The first-order valence-corrected chi connectivity index (χ1v) is 9.49. The van der Waals surface area contributed by atoms with Crippen LogP contribution in [0.4, 0.5) is 0 Å². The van der Waals surface area contributed by atoms with Crippen LogP contribution in [0.5, 0.6) is 5.75 Å². The number of nitriles is 1. The Morgan fingerprint density at radius 2 is 1.92 bits per heavy atom. The van der Waals surface area contributed by atoms with Crippen LogP contribution >= 0.6 is 0 Å². The Balaban J connectivity index is 1.66. The van der Waals surface area contributed by atoms with Gasteiger partial charge in [0.2, 0.25) is 15.9 Å². The van der Waals surface area contributed by atoms with Crippen molar-refractivity contribution in [3.63, 3.8) is 0 Å². The number of benzene rings is 2. The molecule has 2 N–H and O–H groups in total. The summed E-state index contributed by atoms with van der Waals surface area (Å²) < 4.78 is 32.5. The molecule has 0 fully saturated rings. The van der Waals surface area contributed by atoms with Gasteiger partial charge in [-0.1, -0.05) is 30.3 Å². The van der Waals surface area contributed by atoms with E-state index in [0.29, 0.717) is 18.8 Å². The van der Waals surface area contributed by atoms with E-state index in [1.807, 2.05) is 30.3 Å². The molecular formula is C18H17N3O4S. The highest BCUT2D eigenvalue weighted by molar-refractivity contribution is 7.89. The SMILES string of the molecule is N#Cc1ccccc1S(=O)(=O)NCC(=O)N[C@H]1CCOc2ccccc21. The van der Waals surface area contributed by atoms with Crippen molar-refractivity contribution in [2.24, 2.45) is 0 Å². The Morgan fingerprint density at radius 3 is 2.73 bits per heavy atom. The third-order valence-corrected chi connectivity index (χ3v) is 5.47. The summed E-state index contributed by atoms with van der Waals surface area (Å²) in [6.45, 7) is 0.0604. The fraction of sp³-hybridized carbons (Fsp3) is 0.222. The van der Waals surface area contributed by atoms with Gasteiger partial charge in [-0.3, -0.25) is 4.79 Å². The van der Waals surface area contributed by atoms with Crippen molar-refractivity contribution in [3.8, 4) is 11.8 Å². The standard InChI is InChI=1S/C18H17N3O4S/c19-11-13-5-1-4-8-17(13)26(23,24)20-12-18(22)21-15-9-10-25-16-7-3-2-6-14(15)16/h1-8,15,20H,9-10,12H2,(H,21,22)/t15-/m0/s1. The zero-order valence-electron chi connectivity index (χ0n) is 13.8. The third kappa shape index (κ3) is 3.85. The quantitative estimate of drug-likeness (QED) is 0.827. The van der Waals surface area contributed by atoms with E-state index in [1.165, 1.54) is 18.2 Å². The van der Waals surface area contributed by atoms with Gasteiger partial charge in [0, 0.05) is 12.0 Å². The van der Waals surface area contributed by atoms with Crippen molar-refractivity contribution in [1.82, 2.24) is 10.0 Å². The average Bonchev–Trinajstić information content (AvgIpc) is 2.67. The van der Waals surface area contributed by atoms with Crippen LogP contribution in [0.1, 0.15) is 23.6 Å². The summed E-state index contributed by atoms with van der Waals surface area (Å²) in [5.74, 6) is 0.261. The van der Waals surface area contributed by atoms with E-state index in [9.17, 15) is 13.2 Å². The van der Waals surface area contributed by atoms with E-state index in [2.05, 4.69) is 10.0 Å². The van der Waals surface area contributed by atoms with Gasteiger partial charge in [0.1, 0.15) is 11.8 Å². The summed E-state index contributed by atoms with van der Waals surface area (Å²) in [5, 5.41) is 11.9. The molecule has 0 unspecified atom stereocenters. The summed E-state index contributed by atoms with van der Waals surface area (Å²) in [4.78, 5) is 12.1. The largest absolute Gasteiger partial charge is 0.493 e. The first kappa shape index (κ1) is 17.9. The molecule has 26 heavy (non-hydrogen) atoms. The first-order valence-electron chi connectivity index (χ1n) is 8.01. The monoisotopic (exact) mass is 371 g/mol. The van der Waals surface area contributed by atoms with Crippen molar-refractivity contribution in [2.75, 3.05) is 13.2 Å². The lowest BCUT2D eigenvalue weighted by Gasteiger charge is -2.26. The van der Waals surface area contributed by atoms with Gasteiger partial charge >= 0.3 is 0 Å². The molecule has 0 aliphatic carbocycles. The molecule has 2 aromatic carbocycles. The lowest BCUT2D eigenvalue weighted by molar-refractivity contribution is -0.120. The Bertz CT molecular complexity index is 966. The number of rotatable bonds is 5. The minimum Gasteiger partial charge on any atom is -0.493 e. The van der Waals surface area contributed by atoms with Gasteiger partial charge in [-0.2, -0.15) is 5.26 Å². The van der Waals surface area contributed by atoms with Gasteiger partial charge in [-0.05, 0) is 18.2 Å². The highest BCUT2D eigenvalue weighted by Crippen LogP contribution is 2.31. The van der Waals surface area contributed by atoms with Crippen molar-refractivity contribution >= 4 is 15.9 Å². The van der Waals surface area contributed by atoms with Gasteiger partial charge in [0.15, 0.2) is 0 Å². The normalized spacial score (nSPS) is 16.0. The molecule has 7 nitrogen and oxygen atoms in total. The van der Waals surface area contributed by atoms with E-state index < -0.39 is 22.5 Å². The maximum Gasteiger partial charge on any atom is 0.242 e. The van der Waals surface area contributed by atoms with Crippen LogP contribution < -0.4 is 14.8 Å². The number of para-hydroxylation sites is 1. The highest BCUT2D eigenvalue weighted by Gasteiger charge is 2.24. The molecule has 8 heteroatoms. The second-order valence-corrected chi connectivity index (χ2v) is 7.46. The first-order chi connectivity index (χ1) is 12.5. The highest BCUT2D eigenvalue weighted by atomic mass is 32.2. The maximum absolute atomic E-state index is 12.3. The topological polar surface area (TPSA) is 108 Å². The number of ether oxygens (including phenoxy) is 1. The minimum absolute atomic E-state index is 0.0266. The number of amides is 1. The minimum atomic E-state index is -3.96. The molecule has 1 amide bonds. The number of hydrogen-bond acceptors (Lipinski definition) is 5. The Kier molecular flexibility index (Phi) is 5.21. The van der Waals surface area contributed by atoms with Gasteiger partial charge in [0.05, 0.1) is 29.7 Å². The molecule has 0 bridgehead atoms. The van der Waals surface area contributed by atoms with E-state index in [-0.39, 0.29) is 16.5 Å². The summed E-state index contributed by atoms with van der Waals surface area (Å²) >= 11 is 0. The molecule has 0 spiro atoms. The van der Waals surface area contributed by atoms with Gasteiger partial charge < -0.3 is 10.1 Å². The summed E-state index contributed by atoms with van der Waals surface area (Å²) in [6, 6.07) is 14.8. The number of sulfonamides is 1. The lowest BCUT2D eigenvalue weighted by Crippen LogP contribution is -2.40. The molecule has 0 saturated heterocycles. The van der Waals surface area contributed by atoms with E-state index >= 15 is 0 Å². The van der Waals surface area contributed by atoms with Crippen LogP contribution in [0.25, 0.3) is 0 Å². The fourth-order valence-corrected chi connectivity index (χ4v) is 3.91. The smallest absolute Gasteiger partial charge is 0.242 e. The Morgan fingerprint density at radius 1 is 1.19 bits per heavy atom. The Labute approximate surface area is 151 Å². The Hall–Kier alpha value is -2.89. The second kappa shape index (κ2) is 7.56. The molecule has 134 valence electrons. The molecular weight excluding hydrogens is 354 g/mol. The average molecular weight is 371 g/mol. The van der Waals surface area contributed by atoms with Gasteiger partial charge in [0.25, 0.3) is 0 Å². The molecule has 1 heterocycles. The van der Waals surface area contributed by atoms with Gasteiger partial charge in [-0.15, -0.1) is 0 Å². The van der Waals surface area contributed by atoms with Crippen LogP contribution in [0.2, 0.25) is 0 Å². The van der Waals surface area contributed by atoms with E-state index in [0.717, 1.165) is 5.56 Å². The van der Waals surface area contributed by atoms with Crippen molar-refractivity contribution in [3.05, 3.63) is 59.7 Å². The summed E-state index contributed by atoms with van der Waals surface area (Å²) in [6.07, 6.45) is 0.604. The number of hydrogen-bond donors (Lipinski definition) is 2. The summed E-state index contributed by atoms with van der Waals surface area (Å²) in [7, 11) is -3.96. The maximum atomic E-state index is 12.3. The molecule has 0 saturated carbocycles. The van der Waals surface area contributed by atoms with Crippen LogP contribution in [-0.4, -0.2) is 27.5 Å². The number of carbonyl (C=O) groups is 1. The van der Waals surface area contributed by atoms with Crippen molar-refractivity contribution in [1.29, 1.82) is 5.26 Å². The fourth-order valence-electron chi connectivity index (χ4n) is 2.77. The van der Waals surface area contributed by atoms with Crippen molar-refractivity contribution in [2.45, 2.75) is 17.4 Å². The van der Waals surface area contributed by atoms with Crippen LogP contribution in [0.15, 0.2) is 53.4 Å². The zero-order valence-corrected chi connectivity index (χ0v) is 14.6. The number of nitrogens with zero attached hydrogens (tertiary/aromatic N) is 1. The van der Waals surface area contributed by atoms with Crippen molar-refractivity contribution < 1.29 is 17.9 Å². The van der Waals surface area contributed by atoms with Crippen LogP contribution in [0.3, 0.4) is 0 Å². The predicted octanol–water partition coefficient (Wildman–Crippen LogP) is 1.48. The molecule has 0 radical (unpaired) electrons. The van der Waals surface area contributed by atoms with Gasteiger partial charge in [-0.25, -0.2) is 13.1 Å². The van der Waals surface area contributed by atoms with Crippen LogP contribution in [-0.2, 0) is 14.8 Å². The summed E-state index contributed by atoms with van der Waals surface area (Å²) in [5.41, 5.74) is 0.892. The molecule has 1 aliphatic heterocycles. The molecule has 0 aromatic heterocycles. The van der Waals surface area contributed by atoms with Crippen LogP contribution in [0, 0.1) is 11.3 Å². The number of nitrogens with one attached hydrogen (secondary N) is 2. The predicted molar refractivity (Wildman–Crippen MR) is 93.8 cm³/mol. The number of carbonyl (C=O) groups excluding carboxylic acids is 1. The molecule has 2 aromatic rings. The second-order valence-electron chi connectivity index (χ2n) is 5.73. The molecule has 1 aliphatic rings. The van der Waals surface area contributed by atoms with E-state index in [4.69, 9.17) is 10.00 Å². The number of fused-ring (bicyclic) bond motifs is 1. The molecule has 3 rings (SSSR count). The van der Waals surface area contributed by atoms with E-state index in [1.54, 1.807) is 6.07 Å². The molecule has 1 atom stereocenters. The zero-order chi connectivity index (χ0) is 18.6.